The molecule has 2 N–H and O–H groups in total. The number of carbonyl (C=O) groups excluding carboxylic acids is 2. The zero-order valence-electron chi connectivity index (χ0n) is 18.1. The molecule has 0 saturated carbocycles. The zero-order chi connectivity index (χ0) is 21.9. The molecule has 5 nitrogen and oxygen atoms in total. The molecule has 0 aromatic heterocycles. The highest BCUT2D eigenvalue weighted by Crippen LogP contribution is 2.31. The molecule has 0 spiro atoms. The molecule has 3 aromatic rings. The van der Waals surface area contributed by atoms with Crippen molar-refractivity contribution in [2.24, 2.45) is 0 Å². The first-order valence-corrected chi connectivity index (χ1v) is 11.3. The third-order valence-corrected chi connectivity index (χ3v) is 6.24. The highest BCUT2D eigenvalue weighted by atomic mass is 16.2. The second kappa shape index (κ2) is 8.87. The van der Waals surface area contributed by atoms with Gasteiger partial charge in [0.1, 0.15) is 0 Å². The largest absolute Gasteiger partial charge is 0.367 e. The van der Waals surface area contributed by atoms with Crippen LogP contribution in [0.5, 0.6) is 0 Å². The van der Waals surface area contributed by atoms with Gasteiger partial charge in [-0.25, -0.2) is 0 Å². The molecule has 0 bridgehead atoms. The van der Waals surface area contributed by atoms with Crippen LogP contribution in [0.1, 0.15) is 35.1 Å². The van der Waals surface area contributed by atoms with Crippen molar-refractivity contribution in [2.45, 2.75) is 38.6 Å². The molecule has 162 valence electrons. The summed E-state index contributed by atoms with van der Waals surface area (Å²) in [6, 6.07) is 22.8. The van der Waals surface area contributed by atoms with Gasteiger partial charge in [-0.1, -0.05) is 42.5 Å². The van der Waals surface area contributed by atoms with Crippen LogP contribution in [0, 0.1) is 0 Å². The quantitative estimate of drug-likeness (QED) is 0.577. The molecule has 0 unspecified atom stereocenters. The molecule has 2 aliphatic heterocycles. The second-order valence-corrected chi connectivity index (χ2v) is 8.62. The summed E-state index contributed by atoms with van der Waals surface area (Å²) in [6.45, 7) is 1.91. The number of hydrogen-bond donors (Lipinski definition) is 2. The van der Waals surface area contributed by atoms with Crippen LogP contribution in [0.25, 0.3) is 0 Å². The normalized spacial score (nSPS) is 14.1. The Labute approximate surface area is 188 Å². The summed E-state index contributed by atoms with van der Waals surface area (Å²) in [6.07, 6.45) is 3.53. The molecule has 32 heavy (non-hydrogen) atoms. The van der Waals surface area contributed by atoms with Crippen molar-refractivity contribution < 1.29 is 9.59 Å². The summed E-state index contributed by atoms with van der Waals surface area (Å²) >= 11 is 0. The number of carbonyl (C=O) groups is 2. The van der Waals surface area contributed by atoms with Gasteiger partial charge >= 0.3 is 0 Å². The molecule has 0 radical (unpaired) electrons. The van der Waals surface area contributed by atoms with E-state index in [-0.39, 0.29) is 11.8 Å². The number of amides is 2. The van der Waals surface area contributed by atoms with Gasteiger partial charge in [0.2, 0.25) is 11.8 Å². The number of nitrogens with zero attached hydrogens (tertiary/aromatic N) is 1. The Morgan fingerprint density at radius 2 is 1.84 bits per heavy atom. The average molecular weight is 426 g/mol. The van der Waals surface area contributed by atoms with Crippen LogP contribution in [0.2, 0.25) is 0 Å². The van der Waals surface area contributed by atoms with Crippen LogP contribution in [0.15, 0.2) is 66.7 Å². The number of aryl methyl sites for hydroxylation is 1. The lowest BCUT2D eigenvalue weighted by atomic mass is 10.0. The predicted molar refractivity (Wildman–Crippen MR) is 128 cm³/mol. The van der Waals surface area contributed by atoms with Gasteiger partial charge in [-0.05, 0) is 65.8 Å². The molecule has 0 atom stereocenters. The first-order chi connectivity index (χ1) is 15.6. The van der Waals surface area contributed by atoms with Crippen LogP contribution < -0.4 is 15.5 Å². The minimum absolute atomic E-state index is 0.0436. The third-order valence-electron chi connectivity index (χ3n) is 6.24. The van der Waals surface area contributed by atoms with Crippen LogP contribution >= 0.6 is 0 Å². The van der Waals surface area contributed by atoms with Crippen molar-refractivity contribution >= 4 is 28.9 Å². The van der Waals surface area contributed by atoms with Gasteiger partial charge in [0.15, 0.2) is 0 Å². The van der Waals surface area contributed by atoms with Gasteiger partial charge in [-0.15, -0.1) is 0 Å². The molecule has 2 amide bonds. The number of anilines is 3. The average Bonchev–Trinajstić information content (AvgIpc) is 3.36. The smallest absolute Gasteiger partial charge is 0.228 e. The summed E-state index contributed by atoms with van der Waals surface area (Å²) in [5, 5.41) is 5.91. The Bertz CT molecular complexity index is 1160. The van der Waals surface area contributed by atoms with E-state index in [4.69, 9.17) is 0 Å². The maximum absolute atomic E-state index is 12.5. The van der Waals surface area contributed by atoms with E-state index in [2.05, 4.69) is 58.0 Å². The molecular weight excluding hydrogens is 398 g/mol. The van der Waals surface area contributed by atoms with Crippen molar-refractivity contribution in [3.8, 4) is 0 Å². The zero-order valence-corrected chi connectivity index (χ0v) is 18.1. The number of rotatable bonds is 7. The van der Waals surface area contributed by atoms with Crippen LogP contribution in [0.4, 0.5) is 17.1 Å². The molecule has 2 heterocycles. The Hall–Kier alpha value is -3.60. The van der Waals surface area contributed by atoms with Crippen LogP contribution in [0.3, 0.4) is 0 Å². The molecule has 0 saturated heterocycles. The summed E-state index contributed by atoms with van der Waals surface area (Å²) in [7, 11) is 0. The monoisotopic (exact) mass is 425 g/mol. The van der Waals surface area contributed by atoms with Crippen molar-refractivity contribution in [1.29, 1.82) is 0 Å². The maximum atomic E-state index is 12.5. The van der Waals surface area contributed by atoms with Gasteiger partial charge in [0.05, 0.1) is 6.42 Å². The first-order valence-electron chi connectivity index (χ1n) is 11.3. The molecule has 0 aliphatic carbocycles. The van der Waals surface area contributed by atoms with Crippen molar-refractivity contribution in [2.75, 3.05) is 22.1 Å². The standard InChI is InChI=1S/C27H27N3O2/c31-26(8-4-7-19-9-11-24-22(15-19)17-27(32)29-24)28-23-10-12-25-21(16-23)13-14-30(25)18-20-5-2-1-3-6-20/h1-3,5-6,9-12,15-16H,4,7-8,13-14,17-18H2,(H,28,31)(H,29,32). The molecule has 5 rings (SSSR count). The summed E-state index contributed by atoms with van der Waals surface area (Å²) in [5.41, 5.74) is 7.87. The first kappa shape index (κ1) is 20.3. The van der Waals surface area contributed by atoms with Crippen LogP contribution in [-0.4, -0.2) is 18.4 Å². The van der Waals surface area contributed by atoms with E-state index in [1.807, 2.05) is 24.3 Å². The van der Waals surface area contributed by atoms with E-state index in [1.54, 1.807) is 0 Å². The summed E-state index contributed by atoms with van der Waals surface area (Å²) in [4.78, 5) is 26.4. The van der Waals surface area contributed by atoms with E-state index in [1.165, 1.54) is 22.4 Å². The highest BCUT2D eigenvalue weighted by molar-refractivity contribution is 5.99. The van der Waals surface area contributed by atoms with E-state index in [0.717, 1.165) is 49.3 Å². The minimum Gasteiger partial charge on any atom is -0.367 e. The molecule has 5 heteroatoms. The Morgan fingerprint density at radius 3 is 2.72 bits per heavy atom. The number of nitrogens with one attached hydrogen (secondary N) is 2. The molecule has 0 fully saturated rings. The number of hydrogen-bond acceptors (Lipinski definition) is 3. The molecule has 2 aliphatic rings. The Balaban J connectivity index is 1.13. The lowest BCUT2D eigenvalue weighted by molar-refractivity contribution is -0.116. The summed E-state index contributed by atoms with van der Waals surface area (Å²) in [5.74, 6) is 0.0937. The highest BCUT2D eigenvalue weighted by Gasteiger charge is 2.20. The second-order valence-electron chi connectivity index (χ2n) is 8.62. The Morgan fingerprint density at radius 1 is 0.969 bits per heavy atom. The fraction of sp³-hybridized carbons (Fsp3) is 0.259. The lowest BCUT2D eigenvalue weighted by Crippen LogP contribution is -2.19. The van der Waals surface area contributed by atoms with Crippen LogP contribution in [-0.2, 0) is 35.4 Å². The third kappa shape index (κ3) is 4.52. The lowest BCUT2D eigenvalue weighted by Gasteiger charge is -2.19. The summed E-state index contributed by atoms with van der Waals surface area (Å²) < 4.78 is 0. The van der Waals surface area contributed by atoms with Gasteiger partial charge in [-0.3, -0.25) is 9.59 Å². The van der Waals surface area contributed by atoms with E-state index in [9.17, 15) is 9.59 Å². The van der Waals surface area contributed by atoms with Gasteiger partial charge < -0.3 is 15.5 Å². The minimum atomic E-state index is 0.0436. The van der Waals surface area contributed by atoms with E-state index < -0.39 is 0 Å². The number of fused-ring (bicyclic) bond motifs is 2. The number of benzene rings is 3. The fourth-order valence-electron chi connectivity index (χ4n) is 4.63. The maximum Gasteiger partial charge on any atom is 0.228 e. The SMILES string of the molecule is O=C(CCCc1ccc2c(c1)CC(=O)N2)Nc1ccc2c(c1)CCN2Cc1ccccc1. The van der Waals surface area contributed by atoms with Gasteiger partial charge in [-0.2, -0.15) is 0 Å². The fourth-order valence-corrected chi connectivity index (χ4v) is 4.63. The Kier molecular flexibility index (Phi) is 5.63. The van der Waals surface area contributed by atoms with Gasteiger partial charge in [0.25, 0.3) is 0 Å². The van der Waals surface area contributed by atoms with E-state index >= 15 is 0 Å². The topological polar surface area (TPSA) is 61.4 Å². The van der Waals surface area contributed by atoms with Gasteiger partial charge in [0, 0.05) is 36.6 Å². The van der Waals surface area contributed by atoms with Crippen molar-refractivity contribution in [3.05, 3.63) is 89.0 Å². The predicted octanol–water partition coefficient (Wildman–Crippen LogP) is 4.71. The van der Waals surface area contributed by atoms with Crippen molar-refractivity contribution in [1.82, 2.24) is 0 Å². The molecule has 3 aromatic carbocycles. The van der Waals surface area contributed by atoms with E-state index in [0.29, 0.717) is 12.8 Å². The molecular formula is C27H27N3O2. The van der Waals surface area contributed by atoms with Crippen molar-refractivity contribution in [3.63, 3.8) is 0 Å².